The first kappa shape index (κ1) is 16.5. The first-order chi connectivity index (χ1) is 12.5. The molecule has 0 bridgehead atoms. The average molecular weight is 352 g/mol. The minimum atomic E-state index is -0.159. The molecule has 134 valence electrons. The standard InChI is InChI=1S/C19H20N4O3/c1-11(2)14-9-17(26-22-14)19(25)23-7-5-12(10-23)15-8-16-13(18(24)21-15)4-3-6-20-16/h3-4,6,8-9,11-12H,5,7,10H2,1-2H3,(H,21,24). The molecule has 0 saturated carbocycles. The predicted octanol–water partition coefficient (Wildman–Crippen LogP) is 2.66. The van der Waals surface area contributed by atoms with Crippen LogP contribution in [0.25, 0.3) is 10.9 Å². The highest BCUT2D eigenvalue weighted by Crippen LogP contribution is 2.28. The lowest BCUT2D eigenvalue weighted by molar-refractivity contribution is 0.0749. The quantitative estimate of drug-likeness (QED) is 0.782. The van der Waals surface area contributed by atoms with Gasteiger partial charge in [0.25, 0.3) is 11.5 Å². The first-order valence-corrected chi connectivity index (χ1v) is 8.77. The maximum Gasteiger partial charge on any atom is 0.292 e. The third-order valence-corrected chi connectivity index (χ3v) is 4.88. The van der Waals surface area contributed by atoms with E-state index in [2.05, 4.69) is 15.1 Å². The van der Waals surface area contributed by atoms with E-state index in [1.807, 2.05) is 19.9 Å². The largest absolute Gasteiger partial charge is 0.351 e. The molecule has 1 saturated heterocycles. The van der Waals surface area contributed by atoms with Crippen LogP contribution in [0.5, 0.6) is 0 Å². The maximum atomic E-state index is 12.6. The fourth-order valence-corrected chi connectivity index (χ4v) is 3.34. The molecule has 1 atom stereocenters. The molecule has 1 unspecified atom stereocenters. The van der Waals surface area contributed by atoms with E-state index in [9.17, 15) is 9.59 Å². The number of rotatable bonds is 3. The average Bonchev–Trinajstić information content (AvgIpc) is 3.31. The van der Waals surface area contributed by atoms with Crippen LogP contribution in [0.4, 0.5) is 0 Å². The molecule has 4 rings (SSSR count). The zero-order chi connectivity index (χ0) is 18.3. The van der Waals surface area contributed by atoms with Crippen LogP contribution in [-0.4, -0.2) is 39.0 Å². The van der Waals surface area contributed by atoms with E-state index < -0.39 is 0 Å². The molecular weight excluding hydrogens is 332 g/mol. The molecule has 7 nitrogen and oxygen atoms in total. The lowest BCUT2D eigenvalue weighted by Crippen LogP contribution is -2.28. The second-order valence-corrected chi connectivity index (χ2v) is 7.00. The fraction of sp³-hybridized carbons (Fsp3) is 0.368. The summed E-state index contributed by atoms with van der Waals surface area (Å²) >= 11 is 0. The number of carbonyl (C=O) groups excluding carboxylic acids is 1. The lowest BCUT2D eigenvalue weighted by Gasteiger charge is -2.15. The Balaban J connectivity index is 1.55. The summed E-state index contributed by atoms with van der Waals surface area (Å²) in [7, 11) is 0. The van der Waals surface area contributed by atoms with Gasteiger partial charge in [0.15, 0.2) is 0 Å². The van der Waals surface area contributed by atoms with Crippen molar-refractivity contribution in [3.8, 4) is 0 Å². The summed E-state index contributed by atoms with van der Waals surface area (Å²) < 4.78 is 5.21. The molecule has 1 N–H and O–H groups in total. The van der Waals surface area contributed by atoms with Gasteiger partial charge >= 0.3 is 0 Å². The number of nitrogens with zero attached hydrogens (tertiary/aromatic N) is 3. The van der Waals surface area contributed by atoms with Crippen LogP contribution >= 0.6 is 0 Å². The van der Waals surface area contributed by atoms with E-state index in [4.69, 9.17) is 4.52 Å². The van der Waals surface area contributed by atoms with Gasteiger partial charge in [-0.05, 0) is 30.5 Å². The number of aromatic nitrogens is 3. The molecule has 7 heteroatoms. The van der Waals surface area contributed by atoms with Gasteiger partial charge in [-0.25, -0.2) is 0 Å². The second-order valence-electron chi connectivity index (χ2n) is 7.00. The first-order valence-electron chi connectivity index (χ1n) is 8.77. The number of hydrogen-bond acceptors (Lipinski definition) is 5. The highest BCUT2D eigenvalue weighted by molar-refractivity contribution is 5.91. The highest BCUT2D eigenvalue weighted by atomic mass is 16.5. The topological polar surface area (TPSA) is 92.1 Å². The van der Waals surface area contributed by atoms with E-state index in [0.29, 0.717) is 24.0 Å². The molecule has 1 aliphatic rings. The van der Waals surface area contributed by atoms with Crippen LogP contribution in [-0.2, 0) is 0 Å². The summed E-state index contributed by atoms with van der Waals surface area (Å²) in [6, 6.07) is 7.12. The molecule has 0 spiro atoms. The van der Waals surface area contributed by atoms with E-state index >= 15 is 0 Å². The second kappa shape index (κ2) is 6.40. The van der Waals surface area contributed by atoms with Gasteiger partial charge in [-0.3, -0.25) is 14.6 Å². The van der Waals surface area contributed by atoms with Gasteiger partial charge in [0.2, 0.25) is 5.76 Å². The summed E-state index contributed by atoms with van der Waals surface area (Å²) in [5.74, 6) is 0.392. The predicted molar refractivity (Wildman–Crippen MR) is 96.2 cm³/mol. The molecule has 4 heterocycles. The van der Waals surface area contributed by atoms with Crippen molar-refractivity contribution in [2.45, 2.75) is 32.1 Å². The van der Waals surface area contributed by atoms with Crippen molar-refractivity contribution in [1.82, 2.24) is 20.0 Å². The molecule has 1 aliphatic heterocycles. The zero-order valence-electron chi connectivity index (χ0n) is 14.7. The van der Waals surface area contributed by atoms with E-state index in [1.165, 1.54) is 0 Å². The van der Waals surface area contributed by atoms with Crippen LogP contribution in [0.3, 0.4) is 0 Å². The Kier molecular flexibility index (Phi) is 4.06. The van der Waals surface area contributed by atoms with Crippen molar-refractivity contribution in [1.29, 1.82) is 0 Å². The van der Waals surface area contributed by atoms with Gasteiger partial charge in [-0.2, -0.15) is 0 Å². The molecule has 26 heavy (non-hydrogen) atoms. The Morgan fingerprint density at radius 2 is 2.23 bits per heavy atom. The van der Waals surface area contributed by atoms with Gasteiger partial charge in [-0.1, -0.05) is 19.0 Å². The molecular formula is C19H20N4O3. The zero-order valence-corrected chi connectivity index (χ0v) is 14.7. The summed E-state index contributed by atoms with van der Waals surface area (Å²) in [6.45, 7) is 5.15. The number of pyridine rings is 2. The lowest BCUT2D eigenvalue weighted by atomic mass is 10.0. The highest BCUT2D eigenvalue weighted by Gasteiger charge is 2.31. The molecule has 3 aromatic heterocycles. The Labute approximate surface area is 150 Å². The SMILES string of the molecule is CC(C)c1cc(C(=O)N2CCC(c3cc4ncccc4c(=O)[nH]3)C2)on1. The smallest absolute Gasteiger partial charge is 0.292 e. The Morgan fingerprint density at radius 1 is 1.38 bits per heavy atom. The Hall–Kier alpha value is -2.96. The van der Waals surface area contributed by atoms with E-state index in [0.717, 1.165) is 17.8 Å². The van der Waals surface area contributed by atoms with Crippen molar-refractivity contribution in [3.05, 3.63) is 58.0 Å². The van der Waals surface area contributed by atoms with Gasteiger partial charge in [-0.15, -0.1) is 0 Å². The number of likely N-dealkylation sites (tertiary alicyclic amines) is 1. The van der Waals surface area contributed by atoms with Gasteiger partial charge in [0.05, 0.1) is 16.6 Å². The number of nitrogens with one attached hydrogen (secondary N) is 1. The molecule has 1 fully saturated rings. The normalized spacial score (nSPS) is 17.3. The molecule has 0 radical (unpaired) electrons. The van der Waals surface area contributed by atoms with Crippen LogP contribution in [0, 0.1) is 0 Å². The third-order valence-electron chi connectivity index (χ3n) is 4.88. The molecule has 0 aliphatic carbocycles. The van der Waals surface area contributed by atoms with Crippen molar-refractivity contribution in [2.75, 3.05) is 13.1 Å². The van der Waals surface area contributed by atoms with Crippen LogP contribution in [0.2, 0.25) is 0 Å². The van der Waals surface area contributed by atoms with Gasteiger partial charge in [0, 0.05) is 37.0 Å². The number of fused-ring (bicyclic) bond motifs is 1. The monoisotopic (exact) mass is 352 g/mol. The Bertz CT molecular complexity index is 1020. The Morgan fingerprint density at radius 3 is 3.00 bits per heavy atom. The number of aromatic amines is 1. The number of H-pyrrole nitrogens is 1. The van der Waals surface area contributed by atoms with Crippen LogP contribution in [0.15, 0.2) is 39.8 Å². The third kappa shape index (κ3) is 2.89. The van der Waals surface area contributed by atoms with Gasteiger partial charge in [0.1, 0.15) is 0 Å². The van der Waals surface area contributed by atoms with Crippen LogP contribution < -0.4 is 5.56 Å². The van der Waals surface area contributed by atoms with Crippen molar-refractivity contribution in [3.63, 3.8) is 0 Å². The summed E-state index contributed by atoms with van der Waals surface area (Å²) in [6.07, 6.45) is 2.46. The van der Waals surface area contributed by atoms with Gasteiger partial charge < -0.3 is 14.4 Å². The minimum absolute atomic E-state index is 0.0746. The summed E-state index contributed by atoms with van der Waals surface area (Å²) in [5.41, 5.74) is 2.12. The van der Waals surface area contributed by atoms with Crippen molar-refractivity contribution in [2.24, 2.45) is 0 Å². The molecule has 1 amide bonds. The molecule has 0 aromatic carbocycles. The maximum absolute atomic E-state index is 12.6. The number of hydrogen-bond donors (Lipinski definition) is 1. The van der Waals surface area contributed by atoms with Crippen molar-refractivity contribution < 1.29 is 9.32 Å². The summed E-state index contributed by atoms with van der Waals surface area (Å²) in [4.78, 5) is 33.9. The number of amides is 1. The van der Waals surface area contributed by atoms with E-state index in [1.54, 1.807) is 29.3 Å². The van der Waals surface area contributed by atoms with E-state index in [-0.39, 0.29) is 29.1 Å². The summed E-state index contributed by atoms with van der Waals surface area (Å²) in [5, 5.41) is 4.53. The molecule has 3 aromatic rings. The minimum Gasteiger partial charge on any atom is -0.351 e. The number of carbonyl (C=O) groups is 1. The van der Waals surface area contributed by atoms with Crippen LogP contribution in [0.1, 0.15) is 54.0 Å². The fourth-order valence-electron chi connectivity index (χ4n) is 3.34. The van der Waals surface area contributed by atoms with Crippen molar-refractivity contribution >= 4 is 16.8 Å².